The van der Waals surface area contributed by atoms with Crippen molar-refractivity contribution in [2.75, 3.05) is 7.11 Å². The largest absolute Gasteiger partial charge is 0.465 e. The van der Waals surface area contributed by atoms with E-state index < -0.39 is 5.91 Å². The Morgan fingerprint density at radius 3 is 2.33 bits per heavy atom. The zero-order chi connectivity index (χ0) is 17.4. The maximum absolute atomic E-state index is 12.1. The lowest BCUT2D eigenvalue weighted by atomic mass is 9.98. The molecule has 1 aliphatic rings. The van der Waals surface area contributed by atoms with E-state index in [2.05, 4.69) is 11.5 Å². The first kappa shape index (κ1) is 16.3. The van der Waals surface area contributed by atoms with Gasteiger partial charge in [0.1, 0.15) is 0 Å². The second-order valence-electron chi connectivity index (χ2n) is 6.17. The van der Waals surface area contributed by atoms with Gasteiger partial charge >= 0.3 is 5.97 Å². The molecule has 0 aliphatic heterocycles. The fraction of sp³-hybridized carbons (Fsp3) is 0.368. The van der Waals surface area contributed by atoms with Gasteiger partial charge in [0.2, 0.25) is 0 Å². The monoisotopic (exact) mass is 326 g/mol. The molecule has 0 unspecified atom stereocenters. The minimum absolute atomic E-state index is 0.376. The van der Waals surface area contributed by atoms with Crippen molar-refractivity contribution in [1.29, 1.82) is 0 Å². The summed E-state index contributed by atoms with van der Waals surface area (Å²) in [5.74, 6) is -0.784. The van der Waals surface area contributed by atoms with Gasteiger partial charge < -0.3 is 15.0 Å². The van der Waals surface area contributed by atoms with Crippen LogP contribution in [0.5, 0.6) is 0 Å². The van der Waals surface area contributed by atoms with Crippen molar-refractivity contribution in [3.8, 4) is 11.1 Å². The molecule has 0 bridgehead atoms. The van der Waals surface area contributed by atoms with Crippen molar-refractivity contribution in [2.24, 2.45) is 5.73 Å². The molecule has 1 heterocycles. The molecule has 1 saturated carbocycles. The summed E-state index contributed by atoms with van der Waals surface area (Å²) in [6.45, 7) is 4.05. The number of carbonyl (C=O) groups is 2. The van der Waals surface area contributed by atoms with Crippen LogP contribution in [0.4, 0.5) is 0 Å². The number of methoxy groups -OCH3 is 1. The summed E-state index contributed by atoms with van der Waals surface area (Å²) in [7, 11) is 1.36. The first-order valence-electron chi connectivity index (χ1n) is 8.21. The van der Waals surface area contributed by atoms with E-state index >= 15 is 0 Å². The number of amides is 1. The van der Waals surface area contributed by atoms with Gasteiger partial charge in [-0.15, -0.1) is 0 Å². The summed E-state index contributed by atoms with van der Waals surface area (Å²) in [5, 5.41) is 0. The average Bonchev–Trinajstić information content (AvgIpc) is 3.37. The SMILES string of the molecule is CCc1c(-c2ccc(C(=O)OC)cc2)c(C(N)=O)c(C)n1C1CC1. The Balaban J connectivity index is 2.17. The molecule has 24 heavy (non-hydrogen) atoms. The normalized spacial score (nSPS) is 13.8. The van der Waals surface area contributed by atoms with Gasteiger partial charge in [0.15, 0.2) is 0 Å². The van der Waals surface area contributed by atoms with E-state index in [1.807, 2.05) is 19.1 Å². The van der Waals surface area contributed by atoms with Crippen molar-refractivity contribution in [2.45, 2.75) is 39.2 Å². The van der Waals surface area contributed by atoms with E-state index in [4.69, 9.17) is 10.5 Å². The van der Waals surface area contributed by atoms with Crippen LogP contribution < -0.4 is 5.73 Å². The Morgan fingerprint density at radius 2 is 1.88 bits per heavy atom. The topological polar surface area (TPSA) is 74.3 Å². The molecular formula is C19H22N2O3. The van der Waals surface area contributed by atoms with E-state index in [-0.39, 0.29) is 5.97 Å². The molecule has 0 atom stereocenters. The molecule has 1 amide bonds. The maximum Gasteiger partial charge on any atom is 0.337 e. The van der Waals surface area contributed by atoms with Crippen molar-refractivity contribution in [1.82, 2.24) is 4.57 Å². The van der Waals surface area contributed by atoms with Crippen LogP contribution in [0.15, 0.2) is 24.3 Å². The summed E-state index contributed by atoms with van der Waals surface area (Å²) in [4.78, 5) is 23.7. The summed E-state index contributed by atoms with van der Waals surface area (Å²) >= 11 is 0. The molecule has 1 aromatic heterocycles. The molecule has 0 spiro atoms. The van der Waals surface area contributed by atoms with Gasteiger partial charge in [0, 0.05) is 23.0 Å². The van der Waals surface area contributed by atoms with Gasteiger partial charge in [-0.2, -0.15) is 0 Å². The highest BCUT2D eigenvalue weighted by molar-refractivity contribution is 6.02. The molecule has 0 radical (unpaired) electrons. The Hall–Kier alpha value is -2.56. The average molecular weight is 326 g/mol. The highest BCUT2D eigenvalue weighted by atomic mass is 16.5. The number of hydrogen-bond donors (Lipinski definition) is 1. The van der Waals surface area contributed by atoms with Crippen LogP contribution in [0.2, 0.25) is 0 Å². The van der Waals surface area contributed by atoms with Crippen molar-refractivity contribution in [3.63, 3.8) is 0 Å². The van der Waals surface area contributed by atoms with Crippen LogP contribution in [0, 0.1) is 6.92 Å². The smallest absolute Gasteiger partial charge is 0.337 e. The van der Waals surface area contributed by atoms with Crippen molar-refractivity contribution in [3.05, 3.63) is 46.8 Å². The minimum Gasteiger partial charge on any atom is -0.465 e. The van der Waals surface area contributed by atoms with Crippen molar-refractivity contribution < 1.29 is 14.3 Å². The van der Waals surface area contributed by atoms with Crippen LogP contribution in [0.3, 0.4) is 0 Å². The van der Waals surface area contributed by atoms with Crippen LogP contribution >= 0.6 is 0 Å². The van der Waals surface area contributed by atoms with Crippen LogP contribution in [-0.4, -0.2) is 23.6 Å². The Bertz CT molecular complexity index is 799. The van der Waals surface area contributed by atoms with E-state index in [9.17, 15) is 9.59 Å². The molecule has 1 aliphatic carbocycles. The third-order valence-corrected chi connectivity index (χ3v) is 4.64. The molecule has 0 saturated heterocycles. The third-order valence-electron chi connectivity index (χ3n) is 4.64. The Kier molecular flexibility index (Phi) is 4.18. The highest BCUT2D eigenvalue weighted by Gasteiger charge is 2.32. The fourth-order valence-electron chi connectivity index (χ4n) is 3.45. The summed E-state index contributed by atoms with van der Waals surface area (Å²) in [6, 6.07) is 7.61. The fourth-order valence-corrected chi connectivity index (χ4v) is 3.45. The van der Waals surface area contributed by atoms with Gasteiger partial charge in [-0.1, -0.05) is 19.1 Å². The van der Waals surface area contributed by atoms with E-state index in [1.165, 1.54) is 7.11 Å². The number of primary amides is 1. The number of ether oxygens (including phenoxy) is 1. The number of nitrogens with two attached hydrogens (primary N) is 1. The number of nitrogens with zero attached hydrogens (tertiary/aromatic N) is 1. The molecule has 1 fully saturated rings. The lowest BCUT2D eigenvalue weighted by Gasteiger charge is -2.10. The predicted octanol–water partition coefficient (Wildman–Crippen LogP) is 3.25. The second-order valence-corrected chi connectivity index (χ2v) is 6.17. The second kappa shape index (κ2) is 6.15. The van der Waals surface area contributed by atoms with Gasteiger partial charge in [0.05, 0.1) is 18.2 Å². The molecule has 2 aromatic rings. The molecule has 5 nitrogen and oxygen atoms in total. The number of benzene rings is 1. The minimum atomic E-state index is -0.409. The van der Waals surface area contributed by atoms with E-state index in [0.29, 0.717) is 17.2 Å². The molecule has 1 aromatic carbocycles. The number of aromatic nitrogens is 1. The van der Waals surface area contributed by atoms with Crippen molar-refractivity contribution >= 4 is 11.9 Å². The van der Waals surface area contributed by atoms with E-state index in [1.54, 1.807) is 12.1 Å². The van der Waals surface area contributed by atoms with Crippen LogP contribution in [0.1, 0.15) is 57.9 Å². The molecular weight excluding hydrogens is 304 g/mol. The number of esters is 1. The lowest BCUT2D eigenvalue weighted by Crippen LogP contribution is -2.13. The van der Waals surface area contributed by atoms with Gasteiger partial charge in [-0.05, 0) is 43.9 Å². The molecule has 3 rings (SSSR count). The molecule has 126 valence electrons. The Morgan fingerprint density at radius 1 is 1.25 bits per heavy atom. The molecule has 2 N–H and O–H groups in total. The van der Waals surface area contributed by atoms with E-state index in [0.717, 1.165) is 41.8 Å². The first-order valence-corrected chi connectivity index (χ1v) is 8.21. The van der Waals surface area contributed by atoms with Gasteiger partial charge in [-0.3, -0.25) is 4.79 Å². The zero-order valence-electron chi connectivity index (χ0n) is 14.3. The Labute approximate surface area is 141 Å². The zero-order valence-corrected chi connectivity index (χ0v) is 14.3. The number of carbonyl (C=O) groups excluding carboxylic acids is 2. The highest BCUT2D eigenvalue weighted by Crippen LogP contribution is 2.43. The van der Waals surface area contributed by atoms with Gasteiger partial charge in [0.25, 0.3) is 5.91 Å². The predicted molar refractivity (Wildman–Crippen MR) is 92.1 cm³/mol. The van der Waals surface area contributed by atoms with Crippen LogP contribution in [-0.2, 0) is 11.2 Å². The van der Waals surface area contributed by atoms with Gasteiger partial charge in [-0.25, -0.2) is 4.79 Å². The molecule has 5 heteroatoms. The third kappa shape index (κ3) is 2.60. The summed E-state index contributed by atoms with van der Waals surface area (Å²) < 4.78 is 7.00. The summed E-state index contributed by atoms with van der Waals surface area (Å²) in [5.41, 5.74) is 10.6. The first-order chi connectivity index (χ1) is 11.5. The lowest BCUT2D eigenvalue weighted by molar-refractivity contribution is 0.0600. The standard InChI is InChI=1S/C19H22N2O3/c1-4-15-17(12-5-7-13(8-6-12)19(23)24-3)16(18(20)22)11(2)21(15)14-9-10-14/h5-8,14H,4,9-10H2,1-3H3,(H2,20,22). The van der Waals surface area contributed by atoms with Crippen LogP contribution in [0.25, 0.3) is 11.1 Å². The quantitative estimate of drug-likeness (QED) is 0.857. The number of hydrogen-bond acceptors (Lipinski definition) is 3. The summed E-state index contributed by atoms with van der Waals surface area (Å²) in [6.07, 6.45) is 3.10. The number of rotatable bonds is 5. The maximum atomic E-state index is 12.1.